The first-order valence-corrected chi connectivity index (χ1v) is 8.82. The van der Waals surface area contributed by atoms with Gasteiger partial charge in [-0.1, -0.05) is 83.4 Å². The Morgan fingerprint density at radius 1 is 0.826 bits per heavy atom. The van der Waals surface area contributed by atoms with Crippen LogP contribution in [0.5, 0.6) is 0 Å². The molecule has 2 atom stereocenters. The second kappa shape index (κ2) is 6.70. The fourth-order valence-electron chi connectivity index (χ4n) is 2.61. The molecule has 1 aliphatic carbocycles. The van der Waals surface area contributed by atoms with Crippen LogP contribution in [0.15, 0.2) is 65.7 Å². The Balaban J connectivity index is 2.23. The van der Waals surface area contributed by atoms with Crippen molar-refractivity contribution in [1.82, 2.24) is 0 Å². The predicted molar refractivity (Wildman–Crippen MR) is 102 cm³/mol. The highest BCUT2D eigenvalue weighted by molar-refractivity contribution is 6.46. The molecule has 0 spiro atoms. The van der Waals surface area contributed by atoms with Gasteiger partial charge in [0.1, 0.15) is 4.87 Å². The standard InChI is InChI=1S/C18H11Cl5/c19-13-7-3-1-5-11(13)16-15(21)9-10-18(23,17(16)22)12-6-2-4-8-14(12)20/h1-10,15H. The molecule has 0 heterocycles. The monoisotopic (exact) mass is 402 g/mol. The second-order valence-corrected chi connectivity index (χ2v) is 7.42. The number of allylic oxidation sites excluding steroid dienone is 4. The summed E-state index contributed by atoms with van der Waals surface area (Å²) in [7, 11) is 0. The van der Waals surface area contributed by atoms with Gasteiger partial charge in [0.05, 0.1) is 10.4 Å². The maximum absolute atomic E-state index is 6.86. The highest BCUT2D eigenvalue weighted by Crippen LogP contribution is 2.51. The van der Waals surface area contributed by atoms with E-state index in [1.807, 2.05) is 42.5 Å². The van der Waals surface area contributed by atoms with Gasteiger partial charge in [-0.15, -0.1) is 23.2 Å². The molecule has 0 aromatic heterocycles. The van der Waals surface area contributed by atoms with Gasteiger partial charge < -0.3 is 0 Å². The number of halogens is 5. The van der Waals surface area contributed by atoms with Crippen LogP contribution in [0.1, 0.15) is 11.1 Å². The summed E-state index contributed by atoms with van der Waals surface area (Å²) < 4.78 is 0. The lowest BCUT2D eigenvalue weighted by Gasteiger charge is -2.32. The second-order valence-electron chi connectivity index (χ2n) is 5.16. The maximum Gasteiger partial charge on any atom is 0.125 e. The summed E-state index contributed by atoms with van der Waals surface area (Å²) >= 11 is 32.6. The molecular weight excluding hydrogens is 393 g/mol. The summed E-state index contributed by atoms with van der Waals surface area (Å²) in [4.78, 5) is -1.07. The lowest BCUT2D eigenvalue weighted by molar-refractivity contribution is 0.926. The van der Waals surface area contributed by atoms with Crippen LogP contribution < -0.4 is 0 Å². The third-order valence-corrected chi connectivity index (χ3v) is 5.90. The van der Waals surface area contributed by atoms with Crippen molar-refractivity contribution in [2.24, 2.45) is 0 Å². The molecule has 0 saturated heterocycles. The van der Waals surface area contributed by atoms with Gasteiger partial charge >= 0.3 is 0 Å². The highest BCUT2D eigenvalue weighted by atomic mass is 35.5. The van der Waals surface area contributed by atoms with Gasteiger partial charge in [0, 0.05) is 15.6 Å². The molecule has 23 heavy (non-hydrogen) atoms. The van der Waals surface area contributed by atoms with Crippen molar-refractivity contribution < 1.29 is 0 Å². The smallest absolute Gasteiger partial charge is 0.113 e. The number of hydrogen-bond acceptors (Lipinski definition) is 0. The van der Waals surface area contributed by atoms with Crippen LogP contribution in [0.25, 0.3) is 5.57 Å². The van der Waals surface area contributed by atoms with Crippen LogP contribution in [0.2, 0.25) is 10.0 Å². The molecule has 0 fully saturated rings. The Hall–Kier alpha value is -0.630. The Bertz CT molecular complexity index is 809. The van der Waals surface area contributed by atoms with Crippen LogP contribution >= 0.6 is 58.0 Å². The van der Waals surface area contributed by atoms with Crippen LogP contribution in [0.3, 0.4) is 0 Å². The minimum Gasteiger partial charge on any atom is -0.113 e. The first-order valence-electron chi connectivity index (χ1n) is 6.87. The first kappa shape index (κ1) is 17.2. The highest BCUT2D eigenvalue weighted by Gasteiger charge is 2.39. The summed E-state index contributed by atoms with van der Waals surface area (Å²) in [6, 6.07) is 14.7. The summed E-state index contributed by atoms with van der Waals surface area (Å²) in [5, 5.41) is 1.09. The molecule has 0 bridgehead atoms. The number of alkyl halides is 2. The molecule has 0 saturated carbocycles. The van der Waals surface area contributed by atoms with E-state index in [4.69, 9.17) is 58.0 Å². The molecule has 2 aromatic carbocycles. The number of hydrogen-bond donors (Lipinski definition) is 0. The molecule has 0 aliphatic heterocycles. The van der Waals surface area contributed by atoms with Crippen molar-refractivity contribution in [3.8, 4) is 0 Å². The van der Waals surface area contributed by atoms with Gasteiger partial charge in [-0.25, -0.2) is 0 Å². The minimum atomic E-state index is -1.07. The summed E-state index contributed by atoms with van der Waals surface area (Å²) in [6.45, 7) is 0. The number of benzene rings is 2. The normalized spacial score (nSPS) is 24.1. The zero-order valence-corrected chi connectivity index (χ0v) is 15.5. The van der Waals surface area contributed by atoms with E-state index in [9.17, 15) is 0 Å². The molecule has 5 heteroatoms. The Morgan fingerprint density at radius 2 is 1.43 bits per heavy atom. The fourth-order valence-corrected chi connectivity index (χ4v) is 4.26. The van der Waals surface area contributed by atoms with E-state index in [0.29, 0.717) is 26.2 Å². The summed E-state index contributed by atoms with van der Waals surface area (Å²) in [5.41, 5.74) is 2.16. The summed E-state index contributed by atoms with van der Waals surface area (Å²) in [5.74, 6) is 0. The number of rotatable bonds is 2. The van der Waals surface area contributed by atoms with Crippen molar-refractivity contribution in [1.29, 1.82) is 0 Å². The van der Waals surface area contributed by atoms with Crippen molar-refractivity contribution in [3.05, 3.63) is 86.9 Å². The van der Waals surface area contributed by atoms with Crippen molar-refractivity contribution in [3.63, 3.8) is 0 Å². The molecule has 0 radical (unpaired) electrons. The van der Waals surface area contributed by atoms with Gasteiger partial charge in [-0.05, 0) is 23.3 Å². The molecular formula is C18H11Cl5. The topological polar surface area (TPSA) is 0 Å². The van der Waals surface area contributed by atoms with E-state index in [2.05, 4.69) is 0 Å². The zero-order valence-electron chi connectivity index (χ0n) is 11.7. The van der Waals surface area contributed by atoms with E-state index in [-0.39, 0.29) is 0 Å². The molecule has 118 valence electrons. The van der Waals surface area contributed by atoms with E-state index in [0.717, 1.165) is 5.56 Å². The molecule has 0 amide bonds. The van der Waals surface area contributed by atoms with Gasteiger partial charge in [-0.2, -0.15) is 0 Å². The first-order chi connectivity index (χ1) is 10.9. The quantitative estimate of drug-likeness (QED) is 0.365. The van der Waals surface area contributed by atoms with Crippen LogP contribution in [-0.4, -0.2) is 5.38 Å². The van der Waals surface area contributed by atoms with E-state index >= 15 is 0 Å². The fraction of sp³-hybridized carbons (Fsp3) is 0.111. The van der Waals surface area contributed by atoms with E-state index in [1.54, 1.807) is 18.2 Å². The van der Waals surface area contributed by atoms with Crippen LogP contribution in [-0.2, 0) is 4.87 Å². The van der Waals surface area contributed by atoms with Crippen molar-refractivity contribution in [2.45, 2.75) is 10.3 Å². The van der Waals surface area contributed by atoms with Crippen molar-refractivity contribution >= 4 is 63.6 Å². The van der Waals surface area contributed by atoms with Crippen molar-refractivity contribution in [2.75, 3.05) is 0 Å². The minimum absolute atomic E-state index is 0.405. The lowest BCUT2D eigenvalue weighted by atomic mass is 9.86. The SMILES string of the molecule is ClC1=C(c2ccccc2Cl)C(Cl)C=CC1(Cl)c1ccccc1Cl. The van der Waals surface area contributed by atoms with Crippen LogP contribution in [0, 0.1) is 0 Å². The average Bonchev–Trinajstić information content (AvgIpc) is 2.54. The third-order valence-electron chi connectivity index (χ3n) is 3.76. The Morgan fingerprint density at radius 3 is 2.09 bits per heavy atom. The van der Waals surface area contributed by atoms with E-state index < -0.39 is 10.3 Å². The predicted octanol–water partition coefficient (Wildman–Crippen LogP) is 7.25. The third kappa shape index (κ3) is 3.04. The lowest BCUT2D eigenvalue weighted by Crippen LogP contribution is -2.24. The summed E-state index contributed by atoms with van der Waals surface area (Å²) in [6.07, 6.45) is 3.58. The molecule has 3 rings (SSSR count). The molecule has 2 aromatic rings. The molecule has 1 aliphatic rings. The van der Waals surface area contributed by atoms with Gasteiger partial charge in [0.25, 0.3) is 0 Å². The Labute approximate surface area is 160 Å². The van der Waals surface area contributed by atoms with Crippen LogP contribution in [0.4, 0.5) is 0 Å². The largest absolute Gasteiger partial charge is 0.125 e. The molecule has 2 unspecified atom stereocenters. The Kier molecular flexibility index (Phi) is 5.01. The molecule has 0 nitrogen and oxygen atoms in total. The average molecular weight is 405 g/mol. The zero-order chi connectivity index (χ0) is 16.6. The van der Waals surface area contributed by atoms with Gasteiger partial charge in [0.15, 0.2) is 0 Å². The van der Waals surface area contributed by atoms with Gasteiger partial charge in [0.2, 0.25) is 0 Å². The van der Waals surface area contributed by atoms with Gasteiger partial charge in [-0.3, -0.25) is 0 Å². The maximum atomic E-state index is 6.86. The van der Waals surface area contributed by atoms with E-state index in [1.165, 1.54) is 0 Å². The molecule has 0 N–H and O–H groups in total.